The first-order valence-corrected chi connectivity index (χ1v) is 6.72. The third-order valence-electron chi connectivity index (χ3n) is 3.37. The monoisotopic (exact) mass is 297 g/mol. The van der Waals surface area contributed by atoms with Gasteiger partial charge in [0.05, 0.1) is 11.5 Å². The second-order valence-corrected chi connectivity index (χ2v) is 5.70. The van der Waals surface area contributed by atoms with Crippen LogP contribution < -0.4 is 0 Å². The Labute approximate surface area is 110 Å². The third-order valence-corrected chi connectivity index (χ3v) is 4.17. The molecule has 16 heavy (non-hydrogen) atoms. The molecule has 0 heterocycles. The zero-order chi connectivity index (χ0) is 11.6. The van der Waals surface area contributed by atoms with Crippen LogP contribution in [0.1, 0.15) is 37.7 Å². The van der Waals surface area contributed by atoms with Crippen molar-refractivity contribution >= 4 is 27.5 Å². The molecule has 3 heteroatoms. The molecule has 2 rings (SSSR count). The summed E-state index contributed by atoms with van der Waals surface area (Å²) >= 11 is 9.64. The van der Waals surface area contributed by atoms with Crippen molar-refractivity contribution in [2.24, 2.45) is 0 Å². The van der Waals surface area contributed by atoms with Gasteiger partial charge in [-0.2, -0.15) is 5.26 Å². The predicted octanol–water partition coefficient (Wildman–Crippen LogP) is 4.83. The van der Waals surface area contributed by atoms with E-state index in [1.54, 1.807) is 0 Å². The van der Waals surface area contributed by atoms with Crippen LogP contribution in [0.4, 0.5) is 0 Å². The SMILES string of the molecule is N#CC1(c2ccc(Br)cc2Cl)CCCCC1. The molecule has 0 atom stereocenters. The van der Waals surface area contributed by atoms with Crippen molar-refractivity contribution in [2.45, 2.75) is 37.5 Å². The number of hydrogen-bond acceptors (Lipinski definition) is 1. The Balaban J connectivity index is 2.44. The van der Waals surface area contributed by atoms with Crippen LogP contribution in [0.3, 0.4) is 0 Å². The van der Waals surface area contributed by atoms with Gasteiger partial charge in [0.15, 0.2) is 0 Å². The lowest BCUT2D eigenvalue weighted by molar-refractivity contribution is 0.366. The van der Waals surface area contributed by atoms with Gasteiger partial charge in [-0.25, -0.2) is 0 Å². The van der Waals surface area contributed by atoms with Gasteiger partial charge in [-0.05, 0) is 30.5 Å². The highest BCUT2D eigenvalue weighted by molar-refractivity contribution is 9.10. The molecule has 1 fully saturated rings. The van der Waals surface area contributed by atoms with Crippen molar-refractivity contribution in [3.8, 4) is 6.07 Å². The Morgan fingerprint density at radius 2 is 1.94 bits per heavy atom. The molecular weight excluding hydrogens is 286 g/mol. The average Bonchev–Trinajstić information content (AvgIpc) is 2.30. The van der Waals surface area contributed by atoms with Gasteiger partial charge in [-0.15, -0.1) is 0 Å². The summed E-state index contributed by atoms with van der Waals surface area (Å²) in [6.07, 6.45) is 5.35. The van der Waals surface area contributed by atoms with Crippen LogP contribution >= 0.6 is 27.5 Å². The van der Waals surface area contributed by atoms with Crippen molar-refractivity contribution in [3.05, 3.63) is 33.3 Å². The van der Waals surface area contributed by atoms with Gasteiger partial charge in [0.2, 0.25) is 0 Å². The van der Waals surface area contributed by atoms with Crippen molar-refractivity contribution in [3.63, 3.8) is 0 Å². The van der Waals surface area contributed by atoms with E-state index in [-0.39, 0.29) is 5.41 Å². The topological polar surface area (TPSA) is 23.8 Å². The Morgan fingerprint density at radius 1 is 1.25 bits per heavy atom. The summed E-state index contributed by atoms with van der Waals surface area (Å²) in [6, 6.07) is 8.33. The van der Waals surface area contributed by atoms with E-state index in [0.717, 1.165) is 35.7 Å². The van der Waals surface area contributed by atoms with E-state index < -0.39 is 0 Å². The maximum Gasteiger partial charge on any atom is 0.0836 e. The van der Waals surface area contributed by atoms with Gasteiger partial charge in [0.25, 0.3) is 0 Å². The van der Waals surface area contributed by atoms with Crippen molar-refractivity contribution in [2.75, 3.05) is 0 Å². The maximum absolute atomic E-state index is 9.47. The number of benzene rings is 1. The molecule has 0 bridgehead atoms. The van der Waals surface area contributed by atoms with Crippen LogP contribution in [0.5, 0.6) is 0 Å². The molecule has 0 spiro atoms. The average molecular weight is 299 g/mol. The lowest BCUT2D eigenvalue weighted by Gasteiger charge is -2.31. The minimum atomic E-state index is -0.351. The third kappa shape index (κ3) is 2.12. The zero-order valence-electron chi connectivity index (χ0n) is 8.97. The molecule has 1 aliphatic rings. The summed E-state index contributed by atoms with van der Waals surface area (Å²) < 4.78 is 0.963. The highest BCUT2D eigenvalue weighted by Gasteiger charge is 2.35. The minimum absolute atomic E-state index is 0.351. The van der Waals surface area contributed by atoms with Gasteiger partial charge in [0, 0.05) is 9.50 Å². The number of nitriles is 1. The molecule has 1 saturated carbocycles. The van der Waals surface area contributed by atoms with E-state index in [1.807, 2.05) is 18.2 Å². The first-order valence-electron chi connectivity index (χ1n) is 5.55. The summed E-state index contributed by atoms with van der Waals surface area (Å²) in [7, 11) is 0. The Hall–Kier alpha value is -0.520. The lowest BCUT2D eigenvalue weighted by atomic mass is 9.70. The zero-order valence-corrected chi connectivity index (χ0v) is 11.3. The molecule has 1 nitrogen and oxygen atoms in total. The normalized spacial score (nSPS) is 19.1. The highest BCUT2D eigenvalue weighted by atomic mass is 79.9. The standard InChI is InChI=1S/C13H13BrClN/c14-10-4-5-11(12(15)8-10)13(9-16)6-2-1-3-7-13/h4-5,8H,1-3,6-7H2. The summed E-state index contributed by atoms with van der Waals surface area (Å²) in [4.78, 5) is 0. The molecular formula is C13H13BrClN. The first-order chi connectivity index (χ1) is 7.68. The number of halogens is 2. The van der Waals surface area contributed by atoms with Gasteiger partial charge >= 0.3 is 0 Å². The number of hydrogen-bond donors (Lipinski definition) is 0. The van der Waals surface area contributed by atoms with Crippen molar-refractivity contribution in [1.82, 2.24) is 0 Å². The van der Waals surface area contributed by atoms with E-state index >= 15 is 0 Å². The first kappa shape index (κ1) is 12.0. The molecule has 84 valence electrons. The molecule has 1 aliphatic carbocycles. The van der Waals surface area contributed by atoms with Crippen LogP contribution in [0, 0.1) is 11.3 Å². The van der Waals surface area contributed by atoms with Crippen LogP contribution in [0.25, 0.3) is 0 Å². The molecule has 0 aliphatic heterocycles. The van der Waals surface area contributed by atoms with Crippen LogP contribution in [-0.2, 0) is 5.41 Å². The van der Waals surface area contributed by atoms with E-state index in [0.29, 0.717) is 5.02 Å². The summed E-state index contributed by atoms with van der Waals surface area (Å²) in [5.41, 5.74) is 0.648. The fourth-order valence-electron chi connectivity index (χ4n) is 2.47. The fraction of sp³-hybridized carbons (Fsp3) is 0.462. The fourth-order valence-corrected chi connectivity index (χ4v) is 3.33. The summed E-state index contributed by atoms with van der Waals surface area (Å²) in [5, 5.41) is 10.2. The minimum Gasteiger partial charge on any atom is -0.197 e. The van der Waals surface area contributed by atoms with Gasteiger partial charge < -0.3 is 0 Å². The molecule has 0 N–H and O–H groups in total. The van der Waals surface area contributed by atoms with E-state index in [2.05, 4.69) is 22.0 Å². The van der Waals surface area contributed by atoms with Crippen molar-refractivity contribution in [1.29, 1.82) is 5.26 Å². The smallest absolute Gasteiger partial charge is 0.0836 e. The second kappa shape index (κ2) is 4.77. The maximum atomic E-state index is 9.47. The lowest BCUT2D eigenvalue weighted by Crippen LogP contribution is -2.27. The van der Waals surface area contributed by atoms with Gasteiger partial charge in [-0.3, -0.25) is 0 Å². The van der Waals surface area contributed by atoms with Crippen LogP contribution in [-0.4, -0.2) is 0 Å². The highest BCUT2D eigenvalue weighted by Crippen LogP contribution is 2.42. The van der Waals surface area contributed by atoms with E-state index in [1.165, 1.54) is 6.42 Å². The molecule has 0 unspecified atom stereocenters. The second-order valence-electron chi connectivity index (χ2n) is 4.38. The summed E-state index contributed by atoms with van der Waals surface area (Å²) in [6.45, 7) is 0. The van der Waals surface area contributed by atoms with E-state index in [9.17, 15) is 5.26 Å². The van der Waals surface area contributed by atoms with Crippen molar-refractivity contribution < 1.29 is 0 Å². The molecule has 0 aromatic heterocycles. The molecule has 1 aromatic carbocycles. The summed E-state index contributed by atoms with van der Waals surface area (Å²) in [5.74, 6) is 0. The number of nitrogens with zero attached hydrogens (tertiary/aromatic N) is 1. The Bertz CT molecular complexity index is 430. The van der Waals surface area contributed by atoms with Gasteiger partial charge in [0.1, 0.15) is 0 Å². The van der Waals surface area contributed by atoms with Gasteiger partial charge in [-0.1, -0.05) is 52.9 Å². The largest absolute Gasteiger partial charge is 0.197 e. The molecule has 0 amide bonds. The predicted molar refractivity (Wildman–Crippen MR) is 69.5 cm³/mol. The Kier molecular flexibility index (Phi) is 3.56. The molecule has 0 radical (unpaired) electrons. The van der Waals surface area contributed by atoms with Crippen LogP contribution in [0.2, 0.25) is 5.02 Å². The quantitative estimate of drug-likeness (QED) is 0.728. The molecule has 0 saturated heterocycles. The Morgan fingerprint density at radius 3 is 2.50 bits per heavy atom. The van der Waals surface area contributed by atoms with E-state index in [4.69, 9.17) is 11.6 Å². The number of rotatable bonds is 1. The molecule has 1 aromatic rings. The van der Waals surface area contributed by atoms with Crippen LogP contribution in [0.15, 0.2) is 22.7 Å².